The van der Waals surface area contributed by atoms with Crippen molar-refractivity contribution in [3.8, 4) is 22.4 Å². The second-order valence-electron chi connectivity index (χ2n) is 11.6. The quantitative estimate of drug-likeness (QED) is 0.0779. The maximum atomic E-state index is 11.7. The molecule has 1 N–H and O–H groups in total. The van der Waals surface area contributed by atoms with Gasteiger partial charge < -0.3 is 5.11 Å². The molecule has 1 aromatic heterocycles. The zero-order chi connectivity index (χ0) is 29.3. The van der Waals surface area contributed by atoms with E-state index < -0.39 is 8.07 Å². The number of fused-ring (bicyclic) bond motifs is 3. The van der Waals surface area contributed by atoms with Gasteiger partial charge >= 0.3 is 0 Å². The Balaban J connectivity index is 0.000000221. The van der Waals surface area contributed by atoms with Crippen molar-refractivity contribution in [1.29, 1.82) is 0 Å². The Labute approximate surface area is 269 Å². The third-order valence-corrected chi connectivity index (χ3v) is 13.5. The summed E-state index contributed by atoms with van der Waals surface area (Å²) in [6.07, 6.45) is 6.90. The number of hydrogen-bond acceptors (Lipinski definition) is 4. The van der Waals surface area contributed by atoms with Gasteiger partial charge in [0.2, 0.25) is 0 Å². The van der Waals surface area contributed by atoms with Gasteiger partial charge in [-0.2, -0.15) is 0 Å². The fourth-order valence-corrected chi connectivity index (χ4v) is 10.5. The number of carbonyl (C=O) groups is 1. The zero-order valence-electron chi connectivity index (χ0n) is 25.4. The number of allylic oxidation sites excluding steroid dienone is 2. The minimum absolute atomic E-state index is 0. The topological polar surface area (TPSA) is 50.2 Å². The fourth-order valence-electron chi connectivity index (χ4n) is 6.27. The van der Waals surface area contributed by atoms with Crippen LogP contribution in [0.1, 0.15) is 53.4 Å². The second-order valence-corrected chi connectivity index (χ2v) is 17.0. The maximum Gasteiger partial charge on any atom is 0.162 e. The van der Waals surface area contributed by atoms with Gasteiger partial charge in [-0.25, -0.2) is 0 Å². The Hall–Kier alpha value is -2.50. The van der Waals surface area contributed by atoms with Gasteiger partial charge in [-0.3, -0.25) is 9.78 Å². The van der Waals surface area contributed by atoms with E-state index in [4.69, 9.17) is 4.98 Å². The SMILES string of the molecule is CCC(CC)C(=O)/C=C(\O)C(CC)CC.C[Si]1(C)c2cccc3c2-c2c1ccnc2-c1[c-]c2ccccc2cc1S3.[Ir]. The van der Waals surface area contributed by atoms with Crippen LogP contribution in [0.4, 0.5) is 0 Å². The van der Waals surface area contributed by atoms with E-state index in [9.17, 15) is 9.90 Å². The van der Waals surface area contributed by atoms with Crippen LogP contribution < -0.4 is 10.4 Å². The van der Waals surface area contributed by atoms with Gasteiger partial charge in [0.05, 0.1) is 5.76 Å². The van der Waals surface area contributed by atoms with E-state index in [2.05, 4.69) is 73.8 Å². The number of aliphatic hydroxyl groups is 1. The summed E-state index contributed by atoms with van der Waals surface area (Å²) in [6, 6.07) is 23.6. The Bertz CT molecular complexity index is 1640. The van der Waals surface area contributed by atoms with Crippen molar-refractivity contribution in [2.24, 2.45) is 11.8 Å². The Kier molecular flexibility index (Phi) is 10.4. The molecule has 0 unspecified atom stereocenters. The summed E-state index contributed by atoms with van der Waals surface area (Å²) in [4.78, 5) is 19.2. The van der Waals surface area contributed by atoms with Crippen molar-refractivity contribution in [2.45, 2.75) is 76.3 Å². The Morgan fingerprint density at radius 2 is 1.57 bits per heavy atom. The van der Waals surface area contributed by atoms with Crippen LogP contribution in [0.5, 0.6) is 0 Å². The van der Waals surface area contributed by atoms with Gasteiger partial charge in [0.1, 0.15) is 8.07 Å². The summed E-state index contributed by atoms with van der Waals surface area (Å²) < 4.78 is 0. The molecule has 3 aromatic carbocycles. The molecule has 0 saturated heterocycles. The fraction of sp³-hybridized carbons (Fsp3) is 0.333. The van der Waals surface area contributed by atoms with E-state index in [0.717, 1.165) is 42.3 Å². The first-order valence-corrected chi connectivity index (χ1v) is 18.8. The number of carbonyl (C=O) groups excluding carboxylic acids is 1. The first kappa shape index (κ1) is 32.4. The molecule has 4 aromatic rings. The third kappa shape index (κ3) is 5.84. The first-order chi connectivity index (χ1) is 19.7. The average molecular weight is 771 g/mol. The van der Waals surface area contributed by atoms with Crippen LogP contribution in [0, 0.1) is 17.9 Å². The van der Waals surface area contributed by atoms with Crippen LogP contribution in [0.3, 0.4) is 0 Å². The van der Waals surface area contributed by atoms with Gasteiger partial charge in [-0.15, -0.1) is 35.3 Å². The van der Waals surface area contributed by atoms with Gasteiger partial charge in [-0.1, -0.05) is 87.3 Å². The largest absolute Gasteiger partial charge is 0.512 e. The number of aromatic nitrogens is 1. The molecular formula is C36H40IrNO2SSi-. The molecule has 0 fully saturated rings. The molecule has 0 atom stereocenters. The molecular weight excluding hydrogens is 731 g/mol. The van der Waals surface area contributed by atoms with Crippen LogP contribution >= 0.6 is 11.8 Å². The molecule has 6 heteroatoms. The zero-order valence-corrected chi connectivity index (χ0v) is 29.6. The molecule has 0 bridgehead atoms. The molecule has 0 amide bonds. The number of ketones is 1. The number of benzene rings is 3. The summed E-state index contributed by atoms with van der Waals surface area (Å²) in [5.74, 6) is 0.547. The van der Waals surface area contributed by atoms with Crippen LogP contribution in [0.15, 0.2) is 82.4 Å². The molecule has 0 spiro atoms. The van der Waals surface area contributed by atoms with Gasteiger partial charge in [-0.05, 0) is 59.0 Å². The molecule has 0 saturated carbocycles. The normalized spacial score (nSPS) is 14.0. The van der Waals surface area contributed by atoms with Crippen LogP contribution in [0.25, 0.3) is 33.2 Å². The Morgan fingerprint density at radius 3 is 2.26 bits per heavy atom. The van der Waals surface area contributed by atoms with Gasteiger partial charge in [0.15, 0.2) is 5.78 Å². The molecule has 221 valence electrons. The predicted octanol–water partition coefficient (Wildman–Crippen LogP) is 8.84. The smallest absolute Gasteiger partial charge is 0.162 e. The summed E-state index contributed by atoms with van der Waals surface area (Å²) in [5.41, 5.74) is 5.06. The molecule has 3 heterocycles. The van der Waals surface area contributed by atoms with Crippen molar-refractivity contribution in [3.05, 3.63) is 78.7 Å². The molecule has 6 rings (SSSR count). The van der Waals surface area contributed by atoms with Crippen LogP contribution in [0.2, 0.25) is 13.1 Å². The van der Waals surface area contributed by atoms with Crippen molar-refractivity contribution in [2.75, 3.05) is 0 Å². The number of rotatable bonds is 7. The predicted molar refractivity (Wildman–Crippen MR) is 176 cm³/mol. The van der Waals surface area contributed by atoms with Gasteiger partial charge in [0, 0.05) is 54.8 Å². The number of nitrogens with zero attached hydrogens (tertiary/aromatic N) is 1. The summed E-state index contributed by atoms with van der Waals surface area (Å²) in [7, 11) is -1.67. The number of hydrogen-bond donors (Lipinski definition) is 1. The average Bonchev–Trinajstić information content (AvgIpc) is 3.12. The summed E-state index contributed by atoms with van der Waals surface area (Å²) in [6.45, 7) is 13.0. The monoisotopic (exact) mass is 771 g/mol. The maximum absolute atomic E-state index is 11.7. The minimum atomic E-state index is -1.67. The summed E-state index contributed by atoms with van der Waals surface area (Å²) in [5, 5.41) is 15.2. The van der Waals surface area contributed by atoms with Crippen LogP contribution in [-0.4, -0.2) is 23.9 Å². The molecule has 3 nitrogen and oxygen atoms in total. The molecule has 2 aliphatic rings. The summed E-state index contributed by atoms with van der Waals surface area (Å²) >= 11 is 1.87. The molecule has 0 aliphatic carbocycles. The van der Waals surface area contributed by atoms with Crippen molar-refractivity contribution < 1.29 is 30.0 Å². The van der Waals surface area contributed by atoms with E-state index in [1.165, 1.54) is 37.6 Å². The van der Waals surface area contributed by atoms with E-state index in [1.807, 2.05) is 45.7 Å². The minimum Gasteiger partial charge on any atom is -0.512 e. The van der Waals surface area contributed by atoms with E-state index >= 15 is 0 Å². The molecule has 2 aliphatic heterocycles. The van der Waals surface area contributed by atoms with Crippen molar-refractivity contribution >= 4 is 46.8 Å². The van der Waals surface area contributed by atoms with E-state index in [-0.39, 0.29) is 43.5 Å². The Morgan fingerprint density at radius 1 is 0.905 bits per heavy atom. The number of aliphatic hydroxyl groups excluding tert-OH is 1. The van der Waals surface area contributed by atoms with Gasteiger partial charge in [0.25, 0.3) is 0 Å². The molecule has 1 radical (unpaired) electrons. The van der Waals surface area contributed by atoms with Crippen molar-refractivity contribution in [3.63, 3.8) is 0 Å². The number of pyridine rings is 1. The van der Waals surface area contributed by atoms with Crippen LogP contribution in [-0.2, 0) is 24.9 Å². The standard InChI is InChI=1S/C23H16NSSi.C13H24O2.Ir/c1-26(2)19-9-5-8-17-21(19)22-20(26)10-11-24-23(22)16-12-14-6-3-4-7-15(14)13-18(16)25-17;1-5-10(6-2)12(14)9-13(15)11(7-3)8-4;/h3-11,13H,1-2H3;9-11,14H,5-8H2,1-4H3;/q-1;;/b;12-9-;. The molecule has 42 heavy (non-hydrogen) atoms. The van der Waals surface area contributed by atoms with E-state index in [0.29, 0.717) is 0 Å². The first-order valence-electron chi connectivity index (χ1n) is 15.0. The third-order valence-electron chi connectivity index (χ3n) is 8.87. The second kappa shape index (κ2) is 13.4. The van der Waals surface area contributed by atoms with E-state index in [1.54, 1.807) is 5.19 Å². The van der Waals surface area contributed by atoms with Crippen molar-refractivity contribution in [1.82, 2.24) is 4.98 Å².